The largest absolute Gasteiger partial charge is 0.493 e. The zero-order valence-corrected chi connectivity index (χ0v) is 14.1. The lowest BCUT2D eigenvalue weighted by Gasteiger charge is -2.13. The number of fused-ring (bicyclic) bond motifs is 1. The standard InChI is InChI=1S/C18H21NO4S/c20-17(15-6-7-18-16(12-15)8-10-23-18)13-19-24(21,22)11-9-14-4-2-1-3-5-14/h1-7,12,17,19-20H,8-11,13H2/t17-/m0/s1. The van der Waals surface area contributed by atoms with E-state index in [0.29, 0.717) is 18.6 Å². The Morgan fingerprint density at radius 1 is 1.17 bits per heavy atom. The molecule has 0 aliphatic carbocycles. The van der Waals surface area contributed by atoms with Gasteiger partial charge in [-0.1, -0.05) is 36.4 Å². The molecule has 0 bridgehead atoms. The van der Waals surface area contributed by atoms with Crippen molar-refractivity contribution in [1.29, 1.82) is 0 Å². The van der Waals surface area contributed by atoms with Gasteiger partial charge in [-0.25, -0.2) is 13.1 Å². The van der Waals surface area contributed by atoms with Crippen LogP contribution in [0.5, 0.6) is 5.75 Å². The molecule has 2 N–H and O–H groups in total. The minimum atomic E-state index is -3.43. The van der Waals surface area contributed by atoms with Crippen LogP contribution in [0.3, 0.4) is 0 Å². The summed E-state index contributed by atoms with van der Waals surface area (Å²) in [4.78, 5) is 0. The van der Waals surface area contributed by atoms with Crippen LogP contribution in [0.2, 0.25) is 0 Å². The highest BCUT2D eigenvalue weighted by Crippen LogP contribution is 2.28. The fourth-order valence-corrected chi connectivity index (χ4v) is 3.77. The van der Waals surface area contributed by atoms with Gasteiger partial charge in [0.2, 0.25) is 10.0 Å². The van der Waals surface area contributed by atoms with Crippen molar-refractivity contribution in [3.05, 3.63) is 65.2 Å². The van der Waals surface area contributed by atoms with Crippen molar-refractivity contribution in [3.8, 4) is 5.75 Å². The minimum absolute atomic E-state index is 0.00175. The minimum Gasteiger partial charge on any atom is -0.493 e. The highest BCUT2D eigenvalue weighted by atomic mass is 32.2. The third-order valence-corrected chi connectivity index (χ3v) is 5.45. The number of hydrogen-bond donors (Lipinski definition) is 2. The number of sulfonamides is 1. The molecule has 1 aliphatic rings. The molecular formula is C18H21NO4S. The van der Waals surface area contributed by atoms with Gasteiger partial charge in [0, 0.05) is 13.0 Å². The Hall–Kier alpha value is -1.89. The normalized spacial score (nSPS) is 14.9. The summed E-state index contributed by atoms with van der Waals surface area (Å²) < 4.78 is 32.1. The van der Waals surface area contributed by atoms with E-state index in [1.54, 1.807) is 6.07 Å². The van der Waals surface area contributed by atoms with Gasteiger partial charge in [0.15, 0.2) is 0 Å². The molecule has 128 valence electrons. The van der Waals surface area contributed by atoms with Crippen LogP contribution in [-0.4, -0.2) is 32.4 Å². The van der Waals surface area contributed by atoms with Crippen molar-refractivity contribution in [2.75, 3.05) is 18.9 Å². The molecule has 0 fully saturated rings. The van der Waals surface area contributed by atoms with Crippen LogP contribution in [0.4, 0.5) is 0 Å². The molecule has 3 rings (SSSR count). The molecular weight excluding hydrogens is 326 g/mol. The maximum Gasteiger partial charge on any atom is 0.212 e. The van der Waals surface area contributed by atoms with Gasteiger partial charge in [-0.3, -0.25) is 0 Å². The van der Waals surface area contributed by atoms with Crippen molar-refractivity contribution in [2.45, 2.75) is 18.9 Å². The predicted molar refractivity (Wildman–Crippen MR) is 92.5 cm³/mol. The molecule has 24 heavy (non-hydrogen) atoms. The van der Waals surface area contributed by atoms with E-state index in [1.165, 1.54) is 0 Å². The van der Waals surface area contributed by atoms with Crippen LogP contribution >= 0.6 is 0 Å². The second-order valence-electron chi connectivity index (χ2n) is 5.88. The van der Waals surface area contributed by atoms with Crippen LogP contribution in [0.1, 0.15) is 22.8 Å². The molecule has 0 aromatic heterocycles. The highest BCUT2D eigenvalue weighted by molar-refractivity contribution is 7.89. The molecule has 2 aromatic carbocycles. The van der Waals surface area contributed by atoms with Crippen LogP contribution in [0.25, 0.3) is 0 Å². The van der Waals surface area contributed by atoms with Gasteiger partial charge in [0.25, 0.3) is 0 Å². The number of rotatable bonds is 7. The highest BCUT2D eigenvalue weighted by Gasteiger charge is 2.17. The van der Waals surface area contributed by atoms with Crippen LogP contribution in [-0.2, 0) is 22.9 Å². The number of aryl methyl sites for hydroxylation is 1. The topological polar surface area (TPSA) is 75.6 Å². The zero-order valence-electron chi connectivity index (χ0n) is 13.3. The summed E-state index contributed by atoms with van der Waals surface area (Å²) >= 11 is 0. The second kappa shape index (κ2) is 7.34. The molecule has 0 saturated carbocycles. The molecule has 1 aliphatic heterocycles. The summed E-state index contributed by atoms with van der Waals surface area (Å²) in [7, 11) is -3.43. The van der Waals surface area contributed by atoms with E-state index in [2.05, 4.69) is 4.72 Å². The quantitative estimate of drug-likeness (QED) is 0.801. The lowest BCUT2D eigenvalue weighted by Crippen LogP contribution is -2.31. The van der Waals surface area contributed by atoms with Crippen LogP contribution in [0.15, 0.2) is 48.5 Å². The van der Waals surface area contributed by atoms with E-state index in [0.717, 1.165) is 23.3 Å². The van der Waals surface area contributed by atoms with Gasteiger partial charge in [-0.05, 0) is 35.2 Å². The molecule has 0 saturated heterocycles. The Bertz CT molecular complexity index is 790. The molecule has 0 spiro atoms. The number of aliphatic hydroxyl groups is 1. The van der Waals surface area contributed by atoms with E-state index >= 15 is 0 Å². The predicted octanol–water partition coefficient (Wildman–Crippen LogP) is 1.82. The Morgan fingerprint density at radius 2 is 1.96 bits per heavy atom. The summed E-state index contributed by atoms with van der Waals surface area (Å²) in [6.45, 7) is 0.623. The SMILES string of the molecule is O=S(=O)(CCc1ccccc1)NC[C@H](O)c1ccc2c(c1)CCO2. The summed E-state index contributed by atoms with van der Waals surface area (Å²) in [6.07, 6.45) is 0.392. The molecule has 1 atom stereocenters. The van der Waals surface area contributed by atoms with Crippen molar-refractivity contribution in [1.82, 2.24) is 4.72 Å². The van der Waals surface area contributed by atoms with E-state index in [-0.39, 0.29) is 12.3 Å². The summed E-state index contributed by atoms with van der Waals surface area (Å²) in [5.41, 5.74) is 2.73. The Balaban J connectivity index is 1.54. The van der Waals surface area contributed by atoms with Gasteiger partial charge in [-0.15, -0.1) is 0 Å². The molecule has 6 heteroatoms. The van der Waals surface area contributed by atoms with E-state index < -0.39 is 16.1 Å². The first-order valence-electron chi connectivity index (χ1n) is 7.98. The maximum absolute atomic E-state index is 12.1. The first kappa shape index (κ1) is 17.0. The van der Waals surface area contributed by atoms with E-state index in [9.17, 15) is 13.5 Å². The van der Waals surface area contributed by atoms with Gasteiger partial charge in [-0.2, -0.15) is 0 Å². The fraction of sp³-hybridized carbons (Fsp3) is 0.333. The average molecular weight is 347 g/mol. The summed E-state index contributed by atoms with van der Waals surface area (Å²) in [6, 6.07) is 14.9. The third-order valence-electron chi connectivity index (χ3n) is 4.10. The molecule has 0 radical (unpaired) electrons. The lowest BCUT2D eigenvalue weighted by molar-refractivity contribution is 0.182. The monoisotopic (exact) mass is 347 g/mol. The third kappa shape index (κ3) is 4.35. The Labute approximate surface area is 142 Å². The molecule has 5 nitrogen and oxygen atoms in total. The van der Waals surface area contributed by atoms with Crippen molar-refractivity contribution in [3.63, 3.8) is 0 Å². The first-order valence-corrected chi connectivity index (χ1v) is 9.64. The summed E-state index contributed by atoms with van der Waals surface area (Å²) in [5.74, 6) is 0.844. The fourth-order valence-electron chi connectivity index (χ4n) is 2.71. The van der Waals surface area contributed by atoms with E-state index in [1.807, 2.05) is 42.5 Å². The van der Waals surface area contributed by atoms with E-state index in [4.69, 9.17) is 4.74 Å². The number of ether oxygens (including phenoxy) is 1. The Morgan fingerprint density at radius 3 is 2.75 bits per heavy atom. The number of nitrogens with one attached hydrogen (secondary N) is 1. The second-order valence-corrected chi connectivity index (χ2v) is 7.81. The molecule has 2 aromatic rings. The Kier molecular flexibility index (Phi) is 5.18. The van der Waals surface area contributed by atoms with Crippen molar-refractivity contribution >= 4 is 10.0 Å². The van der Waals surface area contributed by atoms with Gasteiger partial charge >= 0.3 is 0 Å². The van der Waals surface area contributed by atoms with Crippen LogP contribution in [0, 0.1) is 0 Å². The number of aliphatic hydroxyl groups excluding tert-OH is 1. The summed E-state index contributed by atoms with van der Waals surface area (Å²) in [5, 5.41) is 10.2. The van der Waals surface area contributed by atoms with Crippen molar-refractivity contribution < 1.29 is 18.3 Å². The molecule has 1 heterocycles. The average Bonchev–Trinajstić information content (AvgIpc) is 3.07. The van der Waals surface area contributed by atoms with Crippen LogP contribution < -0.4 is 9.46 Å². The smallest absolute Gasteiger partial charge is 0.212 e. The lowest BCUT2D eigenvalue weighted by atomic mass is 10.0. The van der Waals surface area contributed by atoms with Gasteiger partial charge in [0.1, 0.15) is 5.75 Å². The molecule has 0 amide bonds. The zero-order chi connectivity index (χ0) is 17.0. The van der Waals surface area contributed by atoms with Crippen molar-refractivity contribution in [2.24, 2.45) is 0 Å². The number of hydrogen-bond acceptors (Lipinski definition) is 4. The number of benzene rings is 2. The van der Waals surface area contributed by atoms with Gasteiger partial charge in [0.05, 0.1) is 18.5 Å². The molecule has 0 unspecified atom stereocenters. The maximum atomic E-state index is 12.1. The van der Waals surface area contributed by atoms with Gasteiger partial charge < -0.3 is 9.84 Å². The first-order chi connectivity index (χ1) is 11.5.